The Kier molecular flexibility index (Phi) is 3.64. The van der Waals surface area contributed by atoms with Crippen LogP contribution in [0.25, 0.3) is 0 Å². The van der Waals surface area contributed by atoms with Gasteiger partial charge in [0.05, 0.1) is 5.02 Å². The maximum atomic E-state index is 10.4. The van der Waals surface area contributed by atoms with Gasteiger partial charge < -0.3 is 15.2 Å². The smallest absolute Gasteiger partial charge is 0.404 e. The number of rotatable bonds is 3. The van der Waals surface area contributed by atoms with Crippen LogP contribution in [-0.2, 0) is 0 Å². The van der Waals surface area contributed by atoms with E-state index < -0.39 is 6.09 Å². The molecular formula is C11H11Cl2NO3. The van der Waals surface area contributed by atoms with E-state index in [0.717, 1.165) is 0 Å². The summed E-state index contributed by atoms with van der Waals surface area (Å²) in [6.45, 7) is 0. The molecule has 0 heterocycles. The van der Waals surface area contributed by atoms with Gasteiger partial charge >= 0.3 is 6.09 Å². The molecule has 4 nitrogen and oxygen atoms in total. The first-order valence-corrected chi connectivity index (χ1v) is 5.92. The monoisotopic (exact) mass is 275 g/mol. The molecule has 0 bridgehead atoms. The molecule has 6 heteroatoms. The lowest BCUT2D eigenvalue weighted by Gasteiger charge is -2.35. The number of ether oxygens (including phenoxy) is 1. The molecule has 2 rings (SSSR count). The van der Waals surface area contributed by atoms with E-state index in [0.29, 0.717) is 28.6 Å². The first-order valence-electron chi connectivity index (χ1n) is 5.16. The van der Waals surface area contributed by atoms with Gasteiger partial charge in [0.25, 0.3) is 0 Å². The molecule has 0 atom stereocenters. The van der Waals surface area contributed by atoms with Crippen LogP contribution < -0.4 is 10.1 Å². The van der Waals surface area contributed by atoms with Gasteiger partial charge in [-0.25, -0.2) is 4.79 Å². The lowest BCUT2D eigenvalue weighted by molar-refractivity contribution is 0.0835. The summed E-state index contributed by atoms with van der Waals surface area (Å²) in [5, 5.41) is 11.8. The minimum Gasteiger partial charge on any atom is -0.489 e. The number of carboxylic acid groups (broad SMARTS) is 1. The molecule has 1 aliphatic rings. The van der Waals surface area contributed by atoms with Gasteiger partial charge in [-0.1, -0.05) is 29.3 Å². The Bertz CT molecular complexity index is 433. The molecule has 0 radical (unpaired) electrons. The zero-order valence-electron chi connectivity index (χ0n) is 8.82. The van der Waals surface area contributed by atoms with Crippen LogP contribution in [0.4, 0.5) is 4.79 Å². The molecule has 1 aliphatic carbocycles. The highest BCUT2D eigenvalue weighted by Gasteiger charge is 2.32. The van der Waals surface area contributed by atoms with Crippen LogP contribution in [0.2, 0.25) is 10.0 Å². The fourth-order valence-corrected chi connectivity index (χ4v) is 2.05. The SMILES string of the molecule is O=C(O)NC1CC(Oc2cccc(Cl)c2Cl)C1. The molecule has 2 N–H and O–H groups in total. The highest BCUT2D eigenvalue weighted by Crippen LogP contribution is 2.34. The molecule has 0 saturated heterocycles. The number of benzene rings is 1. The third kappa shape index (κ3) is 2.96. The molecule has 1 aromatic rings. The normalized spacial score (nSPS) is 22.7. The average Bonchev–Trinajstić information content (AvgIpc) is 2.20. The van der Waals surface area contributed by atoms with Crippen molar-refractivity contribution in [3.05, 3.63) is 28.2 Å². The van der Waals surface area contributed by atoms with Gasteiger partial charge in [-0.15, -0.1) is 0 Å². The van der Waals surface area contributed by atoms with E-state index >= 15 is 0 Å². The predicted octanol–water partition coefficient (Wildman–Crippen LogP) is 3.17. The fourth-order valence-electron chi connectivity index (χ4n) is 1.71. The summed E-state index contributed by atoms with van der Waals surface area (Å²) >= 11 is 11.8. The summed E-state index contributed by atoms with van der Waals surface area (Å²) in [6, 6.07) is 5.16. The van der Waals surface area contributed by atoms with E-state index in [2.05, 4.69) is 5.32 Å². The van der Waals surface area contributed by atoms with Crippen molar-refractivity contribution < 1.29 is 14.6 Å². The third-order valence-electron chi connectivity index (χ3n) is 2.63. The van der Waals surface area contributed by atoms with Gasteiger partial charge in [0.2, 0.25) is 0 Å². The topological polar surface area (TPSA) is 58.6 Å². The largest absolute Gasteiger partial charge is 0.489 e. The van der Waals surface area contributed by atoms with Gasteiger partial charge in [-0.3, -0.25) is 0 Å². The van der Waals surface area contributed by atoms with Crippen LogP contribution in [0, 0.1) is 0 Å². The van der Waals surface area contributed by atoms with E-state index in [4.69, 9.17) is 33.0 Å². The van der Waals surface area contributed by atoms with Crippen LogP contribution in [0.15, 0.2) is 18.2 Å². The Hall–Kier alpha value is -1.13. The first kappa shape index (κ1) is 12.3. The second-order valence-corrected chi connectivity index (χ2v) is 4.69. The van der Waals surface area contributed by atoms with Gasteiger partial charge in [-0.2, -0.15) is 0 Å². The van der Waals surface area contributed by atoms with Gasteiger partial charge in [-0.05, 0) is 12.1 Å². The standard InChI is InChI=1S/C11H11Cl2NO3/c12-8-2-1-3-9(10(8)13)17-7-4-6(5-7)14-11(15)16/h1-3,6-7,14H,4-5H2,(H,15,16). The second-order valence-electron chi connectivity index (χ2n) is 3.91. The van der Waals surface area contributed by atoms with E-state index in [1.165, 1.54) is 0 Å². The average molecular weight is 276 g/mol. The molecule has 1 saturated carbocycles. The van der Waals surface area contributed by atoms with Crippen molar-refractivity contribution in [3.8, 4) is 5.75 Å². The summed E-state index contributed by atoms with van der Waals surface area (Å²) in [5.74, 6) is 0.540. The quantitative estimate of drug-likeness (QED) is 0.891. The molecule has 1 amide bonds. The van der Waals surface area contributed by atoms with Crippen molar-refractivity contribution in [2.75, 3.05) is 0 Å². The van der Waals surface area contributed by atoms with Crippen molar-refractivity contribution in [2.45, 2.75) is 25.0 Å². The maximum absolute atomic E-state index is 10.4. The summed E-state index contributed by atoms with van der Waals surface area (Å²) in [7, 11) is 0. The van der Waals surface area contributed by atoms with Crippen molar-refractivity contribution >= 4 is 29.3 Å². The van der Waals surface area contributed by atoms with Crippen LogP contribution >= 0.6 is 23.2 Å². The molecule has 0 spiro atoms. The Balaban J connectivity index is 1.88. The van der Waals surface area contributed by atoms with Crippen LogP contribution in [0.1, 0.15) is 12.8 Å². The number of amides is 1. The minimum atomic E-state index is -1.01. The van der Waals surface area contributed by atoms with Crippen molar-refractivity contribution in [1.82, 2.24) is 5.32 Å². The lowest BCUT2D eigenvalue weighted by atomic mass is 9.89. The second kappa shape index (κ2) is 5.02. The van der Waals surface area contributed by atoms with Crippen molar-refractivity contribution in [1.29, 1.82) is 0 Å². The maximum Gasteiger partial charge on any atom is 0.404 e. The summed E-state index contributed by atoms with van der Waals surface area (Å²) in [6.07, 6.45) is 0.279. The molecule has 1 aromatic carbocycles. The predicted molar refractivity (Wildman–Crippen MR) is 65.1 cm³/mol. The summed E-state index contributed by atoms with van der Waals surface area (Å²) in [4.78, 5) is 10.4. The number of hydrogen-bond donors (Lipinski definition) is 2. The van der Waals surface area contributed by atoms with Gasteiger partial charge in [0.1, 0.15) is 16.9 Å². The first-order chi connectivity index (χ1) is 8.06. The van der Waals surface area contributed by atoms with E-state index in [1.54, 1.807) is 18.2 Å². The molecule has 0 aromatic heterocycles. The van der Waals surface area contributed by atoms with Crippen LogP contribution in [-0.4, -0.2) is 23.3 Å². The Morgan fingerprint density at radius 1 is 1.41 bits per heavy atom. The van der Waals surface area contributed by atoms with Gasteiger partial charge in [0, 0.05) is 18.9 Å². The Morgan fingerprint density at radius 2 is 2.12 bits per heavy atom. The highest BCUT2D eigenvalue weighted by molar-refractivity contribution is 6.42. The van der Waals surface area contributed by atoms with E-state index in [-0.39, 0.29) is 12.1 Å². The number of nitrogens with one attached hydrogen (secondary N) is 1. The number of hydrogen-bond acceptors (Lipinski definition) is 2. The fraction of sp³-hybridized carbons (Fsp3) is 0.364. The highest BCUT2D eigenvalue weighted by atomic mass is 35.5. The van der Waals surface area contributed by atoms with Gasteiger partial charge in [0.15, 0.2) is 0 Å². The zero-order valence-corrected chi connectivity index (χ0v) is 10.3. The number of halogens is 2. The summed E-state index contributed by atoms with van der Waals surface area (Å²) < 4.78 is 5.62. The third-order valence-corrected chi connectivity index (χ3v) is 3.43. The number of carbonyl (C=O) groups is 1. The molecule has 17 heavy (non-hydrogen) atoms. The molecule has 92 valence electrons. The Labute approximate surface area is 108 Å². The molecule has 0 aliphatic heterocycles. The zero-order chi connectivity index (χ0) is 12.4. The minimum absolute atomic E-state index is 0.0113. The lowest BCUT2D eigenvalue weighted by Crippen LogP contribution is -2.48. The van der Waals surface area contributed by atoms with Crippen molar-refractivity contribution in [3.63, 3.8) is 0 Å². The van der Waals surface area contributed by atoms with Crippen LogP contribution in [0.3, 0.4) is 0 Å². The summed E-state index contributed by atoms with van der Waals surface area (Å²) in [5.41, 5.74) is 0. The molecule has 0 unspecified atom stereocenters. The molecular weight excluding hydrogens is 265 g/mol. The molecule has 1 fully saturated rings. The van der Waals surface area contributed by atoms with Crippen molar-refractivity contribution in [2.24, 2.45) is 0 Å². The van der Waals surface area contributed by atoms with E-state index in [1.807, 2.05) is 0 Å². The van der Waals surface area contributed by atoms with E-state index in [9.17, 15) is 4.79 Å². The van der Waals surface area contributed by atoms with Crippen LogP contribution in [0.5, 0.6) is 5.75 Å². The Morgan fingerprint density at radius 3 is 2.76 bits per heavy atom.